The lowest BCUT2D eigenvalue weighted by Gasteiger charge is -2.52. The van der Waals surface area contributed by atoms with Crippen LogP contribution in [0.15, 0.2) is 24.3 Å². The largest absolute Gasteiger partial charge is 0.465 e. The van der Waals surface area contributed by atoms with E-state index in [0.29, 0.717) is 12.5 Å². The van der Waals surface area contributed by atoms with E-state index in [1.807, 2.05) is 0 Å². The van der Waals surface area contributed by atoms with Gasteiger partial charge in [-0.2, -0.15) is 0 Å². The van der Waals surface area contributed by atoms with E-state index >= 15 is 0 Å². The fourth-order valence-electron chi connectivity index (χ4n) is 3.96. The van der Waals surface area contributed by atoms with Gasteiger partial charge in [-0.15, -0.1) is 0 Å². The number of aliphatic hydroxyl groups excluding tert-OH is 1. The third kappa shape index (κ3) is 2.69. The Hall–Kier alpha value is -1.09. The minimum absolute atomic E-state index is 0.237. The molecule has 0 aliphatic heterocycles. The lowest BCUT2D eigenvalue weighted by Crippen LogP contribution is -2.52. The van der Waals surface area contributed by atoms with Gasteiger partial charge < -0.3 is 9.84 Å². The van der Waals surface area contributed by atoms with Crippen molar-refractivity contribution < 1.29 is 14.6 Å². The minimum Gasteiger partial charge on any atom is -0.465 e. The van der Waals surface area contributed by atoms with E-state index in [1.54, 1.807) is 0 Å². The van der Waals surface area contributed by atoms with Gasteiger partial charge in [0, 0.05) is 12.3 Å². The number of carbonyl (C=O) groups excluding carboxylic acids is 1. The van der Waals surface area contributed by atoms with Crippen molar-refractivity contribution in [1.29, 1.82) is 0 Å². The second kappa shape index (κ2) is 5.72. The number of esters is 1. The van der Waals surface area contributed by atoms with E-state index in [-0.39, 0.29) is 17.3 Å². The van der Waals surface area contributed by atoms with Crippen molar-refractivity contribution in [3.8, 4) is 0 Å². The zero-order chi connectivity index (χ0) is 14.9. The number of rotatable bonds is 3. The Balaban J connectivity index is 2.24. The molecule has 0 aromatic rings. The second-order valence-corrected chi connectivity index (χ2v) is 6.60. The van der Waals surface area contributed by atoms with Gasteiger partial charge in [0.25, 0.3) is 0 Å². The molecule has 0 radical (unpaired) electrons. The zero-order valence-electron chi connectivity index (χ0n) is 12.7. The van der Waals surface area contributed by atoms with Crippen molar-refractivity contribution in [2.24, 2.45) is 17.3 Å². The molecule has 0 spiro atoms. The first-order valence-electron chi connectivity index (χ1n) is 7.51. The molecule has 0 aromatic heterocycles. The summed E-state index contributed by atoms with van der Waals surface area (Å²) in [6.07, 6.45) is 4.07. The molecule has 2 aliphatic rings. The lowest BCUT2D eigenvalue weighted by atomic mass is 9.54. The highest BCUT2D eigenvalue weighted by Gasteiger charge is 2.52. The Bertz CT molecular complexity index is 426. The summed E-state index contributed by atoms with van der Waals surface area (Å²) in [6.45, 7) is 12.1. The molecule has 3 heteroatoms. The van der Waals surface area contributed by atoms with Crippen LogP contribution in [0, 0.1) is 17.3 Å². The molecule has 3 nitrogen and oxygen atoms in total. The van der Waals surface area contributed by atoms with Gasteiger partial charge in [-0.25, -0.2) is 0 Å². The van der Waals surface area contributed by atoms with E-state index in [2.05, 4.69) is 20.1 Å². The Morgan fingerprint density at radius 2 is 2.15 bits per heavy atom. The Morgan fingerprint density at radius 1 is 1.45 bits per heavy atom. The first kappa shape index (κ1) is 15.3. The number of carbonyl (C=O) groups is 1. The van der Waals surface area contributed by atoms with Crippen LogP contribution in [0.4, 0.5) is 0 Å². The van der Waals surface area contributed by atoms with Gasteiger partial charge in [0.15, 0.2) is 0 Å². The van der Waals surface area contributed by atoms with Crippen LogP contribution in [-0.2, 0) is 9.53 Å². The van der Waals surface area contributed by atoms with E-state index in [1.165, 1.54) is 18.1 Å². The zero-order valence-corrected chi connectivity index (χ0v) is 12.7. The Morgan fingerprint density at radius 3 is 2.75 bits per heavy atom. The maximum Gasteiger partial charge on any atom is 0.302 e. The monoisotopic (exact) mass is 278 g/mol. The Labute approximate surface area is 121 Å². The molecule has 2 fully saturated rings. The maximum atomic E-state index is 11.2. The predicted molar refractivity (Wildman–Crippen MR) is 79.1 cm³/mol. The molecular formula is C17H26O3. The fourth-order valence-corrected chi connectivity index (χ4v) is 3.96. The maximum absolute atomic E-state index is 11.2. The van der Waals surface area contributed by atoms with Gasteiger partial charge in [0.2, 0.25) is 0 Å². The predicted octanol–water partition coefficient (Wildman–Crippen LogP) is 3.24. The summed E-state index contributed by atoms with van der Waals surface area (Å²) in [7, 11) is 0. The summed E-state index contributed by atoms with van der Waals surface area (Å²) < 4.78 is 5.29. The summed E-state index contributed by atoms with van der Waals surface area (Å²) >= 11 is 0. The summed E-state index contributed by atoms with van der Waals surface area (Å²) in [5, 5.41) is 10.6. The van der Waals surface area contributed by atoms with Crippen molar-refractivity contribution in [1.82, 2.24) is 0 Å². The van der Waals surface area contributed by atoms with E-state index in [4.69, 9.17) is 4.74 Å². The molecule has 0 amide bonds. The minimum atomic E-state index is -0.400. The number of aliphatic hydroxyl groups is 1. The highest BCUT2D eigenvalue weighted by Crippen LogP contribution is 2.54. The smallest absolute Gasteiger partial charge is 0.302 e. The average Bonchev–Trinajstić information content (AvgIpc) is 2.40. The van der Waals surface area contributed by atoms with Crippen LogP contribution >= 0.6 is 0 Å². The fraction of sp³-hybridized carbons (Fsp3) is 0.706. The van der Waals surface area contributed by atoms with Crippen LogP contribution < -0.4 is 0 Å². The number of fused-ring (bicyclic) bond motifs is 1. The van der Waals surface area contributed by atoms with Crippen molar-refractivity contribution >= 4 is 5.97 Å². The number of hydrogen-bond acceptors (Lipinski definition) is 3. The van der Waals surface area contributed by atoms with Gasteiger partial charge >= 0.3 is 5.97 Å². The van der Waals surface area contributed by atoms with Gasteiger partial charge in [-0.1, -0.05) is 24.3 Å². The van der Waals surface area contributed by atoms with Crippen molar-refractivity contribution in [3.05, 3.63) is 24.3 Å². The summed E-state index contributed by atoms with van der Waals surface area (Å²) in [4.78, 5) is 11.2. The molecule has 0 bridgehead atoms. The molecule has 4 unspecified atom stereocenters. The van der Waals surface area contributed by atoms with Crippen LogP contribution in [0.25, 0.3) is 0 Å². The number of hydrogen-bond donors (Lipinski definition) is 1. The first-order valence-corrected chi connectivity index (χ1v) is 7.51. The van der Waals surface area contributed by atoms with Crippen molar-refractivity contribution in [2.45, 2.75) is 52.1 Å². The molecule has 2 rings (SSSR count). The topological polar surface area (TPSA) is 46.5 Å². The third-order valence-electron chi connectivity index (χ3n) is 5.31. The molecule has 2 saturated carbocycles. The molecule has 0 saturated heterocycles. The van der Waals surface area contributed by atoms with Crippen LogP contribution in [0.3, 0.4) is 0 Å². The standard InChI is InChI=1S/C17H26O3/c1-11(2)14-7-8-17(10-20-13(4)18)15(9-14)12(3)5-6-16(17)19/h14-16,19H,1,3,5-10H2,2,4H3. The van der Waals surface area contributed by atoms with Crippen molar-refractivity contribution in [2.75, 3.05) is 6.61 Å². The average molecular weight is 278 g/mol. The highest BCUT2D eigenvalue weighted by atomic mass is 16.5. The van der Waals surface area contributed by atoms with Crippen LogP contribution in [0.2, 0.25) is 0 Å². The van der Waals surface area contributed by atoms with Gasteiger partial charge in [-0.3, -0.25) is 4.79 Å². The van der Waals surface area contributed by atoms with Crippen LogP contribution in [0.5, 0.6) is 0 Å². The van der Waals surface area contributed by atoms with Crippen molar-refractivity contribution in [3.63, 3.8) is 0 Å². The van der Waals surface area contributed by atoms with Gasteiger partial charge in [0.1, 0.15) is 0 Å². The third-order valence-corrected chi connectivity index (χ3v) is 5.31. The quantitative estimate of drug-likeness (QED) is 0.637. The summed E-state index contributed by atoms with van der Waals surface area (Å²) in [5.41, 5.74) is 2.08. The van der Waals surface area contributed by atoms with E-state index < -0.39 is 6.10 Å². The highest BCUT2D eigenvalue weighted by molar-refractivity contribution is 5.65. The molecule has 1 N–H and O–H groups in total. The Kier molecular flexibility index (Phi) is 4.38. The molecule has 0 heterocycles. The first-order chi connectivity index (χ1) is 9.36. The van der Waals surface area contributed by atoms with Crippen LogP contribution in [-0.4, -0.2) is 23.8 Å². The van der Waals surface area contributed by atoms with E-state index in [9.17, 15) is 9.90 Å². The summed E-state index contributed by atoms with van der Waals surface area (Å²) in [5.74, 6) is 0.456. The molecule has 112 valence electrons. The lowest BCUT2D eigenvalue weighted by molar-refractivity contribution is -0.156. The van der Waals surface area contributed by atoms with Gasteiger partial charge in [-0.05, 0) is 50.9 Å². The molecule has 0 aromatic carbocycles. The number of allylic oxidation sites excluding steroid dienone is 2. The van der Waals surface area contributed by atoms with Gasteiger partial charge in [0.05, 0.1) is 12.7 Å². The molecular weight excluding hydrogens is 252 g/mol. The van der Waals surface area contributed by atoms with Crippen LogP contribution in [0.1, 0.15) is 46.0 Å². The van der Waals surface area contributed by atoms with E-state index in [0.717, 1.165) is 32.1 Å². The number of ether oxygens (including phenoxy) is 1. The molecule has 20 heavy (non-hydrogen) atoms. The SMILES string of the molecule is C=C(C)C1CCC2(COC(C)=O)C(O)CCC(=C)C2C1. The second-order valence-electron chi connectivity index (χ2n) is 6.60. The summed E-state index contributed by atoms with van der Waals surface area (Å²) in [6, 6.07) is 0. The normalized spacial score (nSPS) is 37.1. The molecule has 4 atom stereocenters. The molecule has 2 aliphatic carbocycles.